The zero-order valence-corrected chi connectivity index (χ0v) is 43.3. The fraction of sp³-hybridized carbons (Fsp3) is 0.564. The molecule has 0 radical (unpaired) electrons. The number of aromatic nitrogens is 3. The molecular formula is C55H75N9O7. The number of fused-ring (bicyclic) bond motifs is 6. The number of likely N-dealkylation sites (tertiary alicyclic amines) is 2. The number of methoxy groups -OCH3 is 1. The number of nitrogens with zero attached hydrogens (tertiary/aromatic N) is 7. The van der Waals surface area contributed by atoms with Gasteiger partial charge in [-0.25, -0.2) is 5.43 Å². The van der Waals surface area contributed by atoms with E-state index in [1.807, 2.05) is 32.2 Å². The second-order valence-corrected chi connectivity index (χ2v) is 21.4. The van der Waals surface area contributed by atoms with Crippen LogP contribution < -0.4 is 10.7 Å². The minimum Gasteiger partial charge on any atom is -0.464 e. The Balaban J connectivity index is 1.19. The molecule has 3 saturated heterocycles. The van der Waals surface area contributed by atoms with Gasteiger partial charge in [0.15, 0.2) is 0 Å². The Morgan fingerprint density at radius 3 is 2.48 bits per heavy atom. The summed E-state index contributed by atoms with van der Waals surface area (Å²) in [7, 11) is 5.54. The minimum absolute atomic E-state index is 0.138. The van der Waals surface area contributed by atoms with Gasteiger partial charge < -0.3 is 34.1 Å². The molecular weight excluding hydrogens is 899 g/mol. The van der Waals surface area contributed by atoms with Crippen molar-refractivity contribution in [2.45, 2.75) is 123 Å². The van der Waals surface area contributed by atoms with Crippen LogP contribution in [-0.4, -0.2) is 142 Å². The first-order valence-corrected chi connectivity index (χ1v) is 25.7. The van der Waals surface area contributed by atoms with E-state index in [2.05, 4.69) is 96.5 Å². The number of hydrogen-bond donors (Lipinski definition) is 2. The number of carbonyl (C=O) groups is 5. The van der Waals surface area contributed by atoms with Crippen molar-refractivity contribution < 1.29 is 33.4 Å². The van der Waals surface area contributed by atoms with E-state index >= 15 is 0 Å². The van der Waals surface area contributed by atoms with Crippen LogP contribution in [0.1, 0.15) is 103 Å². The third-order valence-corrected chi connectivity index (χ3v) is 15.3. The molecule has 0 aliphatic carbocycles. The van der Waals surface area contributed by atoms with Gasteiger partial charge in [0.05, 0.1) is 42.3 Å². The van der Waals surface area contributed by atoms with Crippen LogP contribution in [0.3, 0.4) is 0 Å². The van der Waals surface area contributed by atoms with E-state index in [9.17, 15) is 24.0 Å². The second kappa shape index (κ2) is 21.5. The van der Waals surface area contributed by atoms with Crippen molar-refractivity contribution in [2.24, 2.45) is 17.3 Å². The summed E-state index contributed by atoms with van der Waals surface area (Å²) in [5.41, 5.74) is 10.8. The van der Waals surface area contributed by atoms with Crippen LogP contribution >= 0.6 is 0 Å². The Labute approximate surface area is 419 Å². The lowest BCUT2D eigenvalue weighted by molar-refractivity contribution is -0.155. The van der Waals surface area contributed by atoms with Gasteiger partial charge in [-0.3, -0.25) is 33.7 Å². The van der Waals surface area contributed by atoms with Gasteiger partial charge >= 0.3 is 5.97 Å². The topological polar surface area (TPSA) is 164 Å². The van der Waals surface area contributed by atoms with Gasteiger partial charge in [0.25, 0.3) is 5.91 Å². The molecule has 4 aliphatic rings. The van der Waals surface area contributed by atoms with E-state index < -0.39 is 47.2 Å². The molecule has 16 nitrogen and oxygen atoms in total. The second-order valence-electron chi connectivity index (χ2n) is 21.4. The van der Waals surface area contributed by atoms with E-state index in [1.165, 1.54) is 16.0 Å². The first kappa shape index (κ1) is 51.5. The Hall–Kier alpha value is -5.84. The highest BCUT2D eigenvalue weighted by molar-refractivity contribution is 5.96. The lowest BCUT2D eigenvalue weighted by Gasteiger charge is -2.37. The number of piperidine rings is 1. The molecule has 2 aromatic heterocycles. The number of hydrogen-bond acceptors (Lipinski definition) is 10. The summed E-state index contributed by atoms with van der Waals surface area (Å²) in [4.78, 5) is 75.2. The van der Waals surface area contributed by atoms with Crippen molar-refractivity contribution in [1.82, 2.24) is 44.8 Å². The number of ether oxygens (including phenoxy) is 2. The Bertz CT molecular complexity index is 2640. The number of likely N-dealkylation sites (N-methyl/N-ethyl adjacent to an activating group) is 1. The molecule has 6 bridgehead atoms. The summed E-state index contributed by atoms with van der Waals surface area (Å²) in [5, 5.41) is 10.8. The van der Waals surface area contributed by atoms with Crippen LogP contribution in [0.15, 0.2) is 61.3 Å². The molecule has 4 aliphatic heterocycles. The summed E-state index contributed by atoms with van der Waals surface area (Å²) in [6.07, 6.45) is 7.28. The maximum atomic E-state index is 14.8. The number of aryl methyl sites for hydroxylation is 1. The van der Waals surface area contributed by atoms with Crippen molar-refractivity contribution in [3.05, 3.63) is 78.1 Å². The fourth-order valence-corrected chi connectivity index (χ4v) is 11.4. The molecule has 2 aromatic carbocycles. The smallest absolute Gasteiger partial charge is 0.324 e. The number of benzene rings is 2. The summed E-state index contributed by atoms with van der Waals surface area (Å²) in [5.74, 6) is -2.55. The van der Waals surface area contributed by atoms with Crippen LogP contribution in [0.5, 0.6) is 0 Å². The maximum absolute atomic E-state index is 14.8. The number of amides is 4. The van der Waals surface area contributed by atoms with Crippen LogP contribution in [-0.2, 0) is 52.8 Å². The Morgan fingerprint density at radius 2 is 1.77 bits per heavy atom. The van der Waals surface area contributed by atoms with Crippen molar-refractivity contribution in [1.29, 1.82) is 0 Å². The molecule has 1 unspecified atom stereocenters. The van der Waals surface area contributed by atoms with Gasteiger partial charge in [0.2, 0.25) is 17.7 Å². The molecule has 16 heteroatoms. The standard InChI is InChI=1S/C55H75N9O7/c1-11-47(65)61-26-20-39(32-61)52(67)60(9)48(34(3)4)51(66)57-45-28-36-15-13-16-37(27-36)38-18-19-46-41(29-38)42(30-55(6,7)33-71-54(69)44-17-14-23-63(58-44)53(45)68)50(62(46)12-2)43-31-56-64(49(43)35(5)70-10)40-21-24-59(8)25-22-40/h11,13,15-16,18-19,27,29,31,34-35,39-40,44-45,48,58H,1,12,14,17,20-26,28,30,32-33H2,2-10H3,(H,57,66)/t35-,39-,44-,45-,48?/m0/s1. The average Bonchev–Trinajstić information content (AvgIpc) is 4.11. The molecule has 3 fully saturated rings. The third kappa shape index (κ3) is 10.7. The van der Waals surface area contributed by atoms with E-state index in [0.717, 1.165) is 76.0 Å². The average molecular weight is 974 g/mol. The number of esters is 1. The number of nitrogens with one attached hydrogen (secondary N) is 2. The number of cyclic esters (lactones) is 1. The van der Waals surface area contributed by atoms with Crippen LogP contribution in [0.25, 0.3) is 33.3 Å². The van der Waals surface area contributed by atoms with Crippen molar-refractivity contribution in [3.8, 4) is 22.4 Å². The number of rotatable bonds is 11. The molecule has 382 valence electrons. The largest absolute Gasteiger partial charge is 0.464 e. The highest BCUT2D eigenvalue weighted by Gasteiger charge is 2.40. The van der Waals surface area contributed by atoms with Gasteiger partial charge in [-0.1, -0.05) is 64.6 Å². The van der Waals surface area contributed by atoms with Gasteiger partial charge in [-0.2, -0.15) is 5.10 Å². The van der Waals surface area contributed by atoms with E-state index in [-0.39, 0.29) is 49.5 Å². The van der Waals surface area contributed by atoms with Gasteiger partial charge in [0, 0.05) is 68.6 Å². The molecule has 0 spiro atoms. The first-order chi connectivity index (χ1) is 33.9. The minimum atomic E-state index is -1.05. The van der Waals surface area contributed by atoms with Crippen LogP contribution in [0, 0.1) is 17.3 Å². The normalized spacial score (nSPS) is 22.3. The first-order valence-electron chi connectivity index (χ1n) is 25.7. The van der Waals surface area contributed by atoms with Crippen molar-refractivity contribution in [3.63, 3.8) is 0 Å². The van der Waals surface area contributed by atoms with E-state index in [4.69, 9.17) is 14.6 Å². The van der Waals surface area contributed by atoms with E-state index in [0.29, 0.717) is 45.3 Å². The summed E-state index contributed by atoms with van der Waals surface area (Å²) in [6.45, 7) is 19.7. The molecule has 71 heavy (non-hydrogen) atoms. The Morgan fingerprint density at radius 1 is 1.03 bits per heavy atom. The SMILES string of the molecule is C=CC(=O)N1CC[C@H](C(=O)N(C)C(C(=O)N[C@H]2Cc3cccc(c3)-c3ccc4c(c3)c(c(-c3cnn(C5CCN(C)CC5)c3[C@H](C)OC)n4CC)CC(C)(C)COC(=O)[C@@H]3CCCN(N3)C2=O)C(C)C)C1. The molecule has 4 aromatic rings. The molecule has 4 amide bonds. The van der Waals surface area contributed by atoms with E-state index in [1.54, 1.807) is 19.1 Å². The highest BCUT2D eigenvalue weighted by atomic mass is 16.5. The lowest BCUT2D eigenvalue weighted by atomic mass is 9.84. The summed E-state index contributed by atoms with van der Waals surface area (Å²) in [6, 6.07) is 12.2. The number of hydrazine groups is 1. The molecule has 8 rings (SSSR count). The quantitative estimate of drug-likeness (QED) is 0.128. The monoisotopic (exact) mass is 974 g/mol. The molecule has 6 heterocycles. The fourth-order valence-electron chi connectivity index (χ4n) is 11.4. The molecule has 5 atom stereocenters. The highest BCUT2D eigenvalue weighted by Crippen LogP contribution is 2.43. The van der Waals surface area contributed by atoms with Crippen molar-refractivity contribution >= 4 is 40.5 Å². The molecule has 2 N–H and O–H groups in total. The van der Waals surface area contributed by atoms with Gasteiger partial charge in [-0.15, -0.1) is 0 Å². The summed E-state index contributed by atoms with van der Waals surface area (Å²) < 4.78 is 16.9. The summed E-state index contributed by atoms with van der Waals surface area (Å²) >= 11 is 0. The number of carbonyl (C=O) groups excluding carboxylic acids is 5. The van der Waals surface area contributed by atoms with Gasteiger partial charge in [0.1, 0.15) is 18.1 Å². The molecule has 0 saturated carbocycles. The van der Waals surface area contributed by atoms with Crippen LogP contribution in [0.2, 0.25) is 0 Å². The zero-order chi connectivity index (χ0) is 50.9. The third-order valence-electron chi connectivity index (χ3n) is 15.3. The van der Waals surface area contributed by atoms with Gasteiger partial charge in [-0.05, 0) is 119 Å². The Kier molecular flexibility index (Phi) is 15.6. The van der Waals surface area contributed by atoms with Crippen LogP contribution in [0.4, 0.5) is 0 Å². The maximum Gasteiger partial charge on any atom is 0.324 e. The lowest BCUT2D eigenvalue weighted by Crippen LogP contribution is -2.62. The predicted octanol–water partition coefficient (Wildman–Crippen LogP) is 6.33. The predicted molar refractivity (Wildman–Crippen MR) is 274 cm³/mol. The zero-order valence-electron chi connectivity index (χ0n) is 43.3. The van der Waals surface area contributed by atoms with Crippen molar-refractivity contribution in [2.75, 3.05) is 60.5 Å².